The lowest BCUT2D eigenvalue weighted by Gasteiger charge is -2.17. The van der Waals surface area contributed by atoms with Gasteiger partial charge in [-0.25, -0.2) is 4.79 Å². The van der Waals surface area contributed by atoms with Crippen LogP contribution in [0, 0.1) is 6.92 Å². The summed E-state index contributed by atoms with van der Waals surface area (Å²) in [6.07, 6.45) is 2.62. The Morgan fingerprint density at radius 1 is 1.10 bits per heavy atom. The Hall–Kier alpha value is -2.03. The predicted octanol–water partition coefficient (Wildman–Crippen LogP) is 4.71. The van der Waals surface area contributed by atoms with Gasteiger partial charge in [0.05, 0.1) is 6.26 Å². The summed E-state index contributed by atoms with van der Waals surface area (Å²) in [5.41, 5.74) is 4.25. The van der Waals surface area contributed by atoms with Gasteiger partial charge in [0.15, 0.2) is 0 Å². The topological polar surface area (TPSA) is 43.4 Å². The molecule has 0 saturated heterocycles. The smallest absolute Gasteiger partial charge is 0.336 e. The zero-order chi connectivity index (χ0) is 15.4. The second-order valence-electron chi connectivity index (χ2n) is 6.60. The molecule has 21 heavy (non-hydrogen) atoms. The Morgan fingerprint density at radius 2 is 1.81 bits per heavy atom. The van der Waals surface area contributed by atoms with Gasteiger partial charge in [-0.1, -0.05) is 27.7 Å². The molecule has 0 atom stereocenters. The van der Waals surface area contributed by atoms with Crippen LogP contribution in [0.25, 0.3) is 21.9 Å². The monoisotopic (exact) mass is 284 g/mol. The molecular weight excluding hydrogens is 264 g/mol. The molecule has 0 radical (unpaired) electrons. The van der Waals surface area contributed by atoms with Gasteiger partial charge in [-0.3, -0.25) is 0 Å². The molecule has 0 bridgehead atoms. The minimum Gasteiger partial charge on any atom is -0.464 e. The summed E-state index contributed by atoms with van der Waals surface area (Å²) in [5, 5.41) is 2.12. The molecule has 0 aliphatic carbocycles. The normalized spacial score (nSPS) is 12.4. The molecule has 0 aliphatic rings. The number of hydrogen-bond donors (Lipinski definition) is 0. The van der Waals surface area contributed by atoms with E-state index in [1.807, 2.05) is 20.1 Å². The molecule has 0 fully saturated rings. The molecule has 0 N–H and O–H groups in total. The van der Waals surface area contributed by atoms with Crippen molar-refractivity contribution in [3.05, 3.63) is 45.5 Å². The van der Waals surface area contributed by atoms with Crippen molar-refractivity contribution in [2.75, 3.05) is 0 Å². The molecule has 3 heteroatoms. The fourth-order valence-electron chi connectivity index (χ4n) is 2.91. The molecule has 2 heterocycles. The van der Waals surface area contributed by atoms with E-state index in [0.717, 1.165) is 33.9 Å². The highest BCUT2D eigenvalue weighted by Gasteiger charge is 2.22. The van der Waals surface area contributed by atoms with Gasteiger partial charge >= 0.3 is 5.63 Å². The fraction of sp³-hybridized carbons (Fsp3) is 0.389. The standard InChI is InChI=1S/C18H20O3/c1-6-11-7-15(19)21-17-10(2)16-13(8-12(11)17)14(9-20-16)18(3,4)5/h7-9H,6H2,1-5H3. The van der Waals surface area contributed by atoms with E-state index in [-0.39, 0.29) is 11.0 Å². The van der Waals surface area contributed by atoms with Crippen molar-refractivity contribution in [2.45, 2.75) is 46.5 Å². The summed E-state index contributed by atoms with van der Waals surface area (Å²) in [6.45, 7) is 10.5. The van der Waals surface area contributed by atoms with Crippen LogP contribution in [0.15, 0.2) is 32.0 Å². The van der Waals surface area contributed by atoms with Gasteiger partial charge in [0, 0.05) is 28.0 Å². The van der Waals surface area contributed by atoms with Gasteiger partial charge in [0.1, 0.15) is 11.2 Å². The van der Waals surface area contributed by atoms with Gasteiger partial charge in [-0.15, -0.1) is 0 Å². The molecule has 0 unspecified atom stereocenters. The van der Waals surface area contributed by atoms with Crippen LogP contribution in [0.4, 0.5) is 0 Å². The molecule has 3 nitrogen and oxygen atoms in total. The Bertz CT molecular complexity index is 889. The first-order chi connectivity index (χ1) is 9.82. The Labute approximate surface area is 123 Å². The SMILES string of the molecule is CCc1cc(=O)oc2c(C)c3occ(C(C)(C)C)c3cc12. The van der Waals surface area contributed by atoms with Crippen LogP contribution < -0.4 is 5.63 Å². The number of benzene rings is 1. The van der Waals surface area contributed by atoms with Crippen molar-refractivity contribution in [2.24, 2.45) is 0 Å². The van der Waals surface area contributed by atoms with Gasteiger partial charge in [0.25, 0.3) is 0 Å². The molecule has 0 spiro atoms. The molecular formula is C18H20O3. The van der Waals surface area contributed by atoms with Gasteiger partial charge in [0.2, 0.25) is 0 Å². The van der Waals surface area contributed by atoms with Gasteiger partial charge in [-0.05, 0) is 30.4 Å². The maximum Gasteiger partial charge on any atom is 0.336 e. The summed E-state index contributed by atoms with van der Waals surface area (Å²) in [4.78, 5) is 11.7. The number of fused-ring (bicyclic) bond motifs is 2. The lowest BCUT2D eigenvalue weighted by Crippen LogP contribution is -2.10. The molecule has 3 rings (SSSR count). The summed E-state index contributed by atoms with van der Waals surface area (Å²) in [7, 11) is 0. The van der Waals surface area contributed by atoms with Crippen molar-refractivity contribution >= 4 is 21.9 Å². The third-order valence-electron chi connectivity index (χ3n) is 4.07. The highest BCUT2D eigenvalue weighted by Crippen LogP contribution is 2.37. The van der Waals surface area contributed by atoms with Crippen LogP contribution in [-0.4, -0.2) is 0 Å². The Morgan fingerprint density at radius 3 is 2.43 bits per heavy atom. The minimum absolute atomic E-state index is 0.00730. The van der Waals surface area contributed by atoms with Crippen LogP contribution in [0.1, 0.15) is 44.4 Å². The van der Waals surface area contributed by atoms with Crippen molar-refractivity contribution < 1.29 is 8.83 Å². The van der Waals surface area contributed by atoms with E-state index in [4.69, 9.17) is 8.83 Å². The van der Waals surface area contributed by atoms with Crippen molar-refractivity contribution in [3.8, 4) is 0 Å². The van der Waals surface area contributed by atoms with Crippen LogP contribution in [0.3, 0.4) is 0 Å². The lowest BCUT2D eigenvalue weighted by atomic mass is 9.86. The van der Waals surface area contributed by atoms with Gasteiger partial charge in [-0.2, -0.15) is 0 Å². The van der Waals surface area contributed by atoms with E-state index >= 15 is 0 Å². The minimum atomic E-state index is -0.301. The zero-order valence-corrected chi connectivity index (χ0v) is 13.2. The summed E-state index contributed by atoms with van der Waals surface area (Å²) in [6, 6.07) is 3.69. The van der Waals surface area contributed by atoms with Crippen molar-refractivity contribution in [1.29, 1.82) is 0 Å². The average molecular weight is 284 g/mol. The Kier molecular flexibility index (Phi) is 2.97. The maximum absolute atomic E-state index is 11.7. The first kappa shape index (κ1) is 13.9. The van der Waals surface area contributed by atoms with E-state index in [0.29, 0.717) is 5.58 Å². The molecule has 0 aliphatic heterocycles. The number of rotatable bonds is 1. The lowest BCUT2D eigenvalue weighted by molar-refractivity contribution is 0.549. The molecule has 110 valence electrons. The van der Waals surface area contributed by atoms with E-state index in [2.05, 4.69) is 26.8 Å². The van der Waals surface area contributed by atoms with Crippen LogP contribution >= 0.6 is 0 Å². The number of hydrogen-bond acceptors (Lipinski definition) is 3. The first-order valence-electron chi connectivity index (χ1n) is 7.31. The van der Waals surface area contributed by atoms with Crippen molar-refractivity contribution in [3.63, 3.8) is 0 Å². The molecule has 0 amide bonds. The highest BCUT2D eigenvalue weighted by molar-refractivity contribution is 5.99. The largest absolute Gasteiger partial charge is 0.464 e. The second kappa shape index (κ2) is 4.48. The second-order valence-corrected chi connectivity index (χ2v) is 6.60. The maximum atomic E-state index is 11.7. The van der Waals surface area contributed by atoms with E-state index in [1.54, 1.807) is 6.07 Å². The molecule has 2 aromatic heterocycles. The third-order valence-corrected chi connectivity index (χ3v) is 4.07. The Balaban J connectivity index is 2.52. The third kappa shape index (κ3) is 2.08. The zero-order valence-electron chi connectivity index (χ0n) is 13.2. The predicted molar refractivity (Wildman–Crippen MR) is 85.1 cm³/mol. The van der Waals surface area contributed by atoms with E-state index in [9.17, 15) is 4.79 Å². The van der Waals surface area contributed by atoms with E-state index < -0.39 is 0 Å². The summed E-state index contributed by atoms with van der Waals surface area (Å²) >= 11 is 0. The van der Waals surface area contributed by atoms with Crippen molar-refractivity contribution in [1.82, 2.24) is 0 Å². The first-order valence-corrected chi connectivity index (χ1v) is 7.31. The molecule has 3 aromatic rings. The van der Waals surface area contributed by atoms with Crippen LogP contribution in [0.5, 0.6) is 0 Å². The van der Waals surface area contributed by atoms with E-state index in [1.165, 1.54) is 5.56 Å². The van der Waals surface area contributed by atoms with Crippen LogP contribution in [-0.2, 0) is 11.8 Å². The number of furan rings is 1. The number of aryl methyl sites for hydroxylation is 2. The summed E-state index contributed by atoms with van der Waals surface area (Å²) < 4.78 is 11.2. The van der Waals surface area contributed by atoms with Gasteiger partial charge < -0.3 is 8.83 Å². The average Bonchev–Trinajstić information content (AvgIpc) is 2.83. The molecule has 0 saturated carbocycles. The quantitative estimate of drug-likeness (QED) is 0.608. The van der Waals surface area contributed by atoms with Crippen LogP contribution in [0.2, 0.25) is 0 Å². The highest BCUT2D eigenvalue weighted by atomic mass is 16.4. The molecule has 1 aromatic carbocycles. The summed E-state index contributed by atoms with van der Waals surface area (Å²) in [5.74, 6) is 0. The fourth-order valence-corrected chi connectivity index (χ4v) is 2.91.